The van der Waals surface area contributed by atoms with E-state index in [9.17, 15) is 31.5 Å². The molecule has 0 saturated heterocycles. The lowest BCUT2D eigenvalue weighted by Gasteiger charge is -2.17. The molecule has 2 amide bonds. The van der Waals surface area contributed by atoms with Crippen LogP contribution in [0.3, 0.4) is 0 Å². The molecule has 0 fully saturated rings. The van der Waals surface area contributed by atoms with Gasteiger partial charge in [0.1, 0.15) is 11.6 Å². The van der Waals surface area contributed by atoms with E-state index in [1.165, 1.54) is 54.9 Å². The molecule has 0 radical (unpaired) electrons. The number of carbonyl (C=O) groups is 2. The Balaban J connectivity index is 1.61. The average Bonchev–Trinajstić information content (AvgIpc) is 3.51. The molecule has 0 aliphatic carbocycles. The largest absolute Gasteiger partial charge is 0.416 e. The Labute approximate surface area is 204 Å². The van der Waals surface area contributed by atoms with Crippen molar-refractivity contribution in [3.63, 3.8) is 0 Å². The number of nitrogens with one attached hydrogen (secondary N) is 2. The van der Waals surface area contributed by atoms with Crippen LogP contribution in [0.15, 0.2) is 73.1 Å². The van der Waals surface area contributed by atoms with Crippen molar-refractivity contribution >= 4 is 50.5 Å². The molecule has 2 aromatic heterocycles. The Hall–Kier alpha value is -4.73. The number of nitrogens with zero attached hydrogens (tertiary/aromatic N) is 1. The number of rotatable bonds is 3. The Morgan fingerprint density at radius 2 is 1.19 bits per heavy atom. The van der Waals surface area contributed by atoms with Crippen LogP contribution in [0.1, 0.15) is 16.7 Å². The van der Waals surface area contributed by atoms with Crippen LogP contribution in [0.4, 0.5) is 27.6 Å². The number of hydrogen-bond acceptors (Lipinski definition) is 2. The summed E-state index contributed by atoms with van der Waals surface area (Å²) in [6, 6.07) is 11.6. The summed E-state index contributed by atoms with van der Waals surface area (Å²) < 4.78 is 67.8. The number of carbonyl (C=O) groups excluding carboxylic acids is 2. The minimum atomic E-state index is -4.69. The quantitative estimate of drug-likeness (QED) is 0.218. The summed E-state index contributed by atoms with van der Waals surface area (Å²) in [6.45, 7) is 0. The van der Waals surface area contributed by atoms with Crippen molar-refractivity contribution in [1.29, 1.82) is 0 Å². The summed E-state index contributed by atoms with van der Waals surface area (Å²) in [7, 11) is 0. The van der Waals surface area contributed by atoms with Gasteiger partial charge in [-0.3, -0.25) is 9.59 Å². The lowest BCUT2D eigenvalue weighted by Crippen LogP contribution is -2.31. The van der Waals surface area contributed by atoms with Crippen LogP contribution in [0.25, 0.3) is 33.0 Å². The van der Waals surface area contributed by atoms with Gasteiger partial charge in [-0.05, 0) is 54.6 Å². The van der Waals surface area contributed by atoms with Crippen LogP contribution in [0.5, 0.6) is 0 Å². The van der Waals surface area contributed by atoms with Gasteiger partial charge in [-0.25, -0.2) is 13.7 Å². The number of alkyl halides is 3. The first-order valence-corrected chi connectivity index (χ1v) is 11.0. The molecule has 10 heteroatoms. The van der Waals surface area contributed by atoms with E-state index >= 15 is 0 Å². The van der Waals surface area contributed by atoms with E-state index in [4.69, 9.17) is 0 Å². The van der Waals surface area contributed by atoms with Crippen molar-refractivity contribution in [2.45, 2.75) is 6.18 Å². The normalized spacial score (nSPS) is 14.6. The molecule has 37 heavy (non-hydrogen) atoms. The van der Waals surface area contributed by atoms with E-state index in [1.807, 2.05) is 0 Å². The van der Waals surface area contributed by atoms with Gasteiger partial charge in [-0.15, -0.1) is 0 Å². The highest BCUT2D eigenvalue weighted by Gasteiger charge is 2.43. The second kappa shape index (κ2) is 7.89. The maximum Gasteiger partial charge on any atom is 0.416 e. The van der Waals surface area contributed by atoms with Crippen LogP contribution in [-0.2, 0) is 15.8 Å². The summed E-state index contributed by atoms with van der Waals surface area (Å²) >= 11 is 0. The second-order valence-corrected chi connectivity index (χ2v) is 8.53. The molecule has 0 unspecified atom stereocenters. The SMILES string of the molecule is O=C1C(c2c[nH]c3cc(F)ccc23)=C(c2c[nH]c3cc(F)ccc23)C(=O)N1c1cccc(C(F)(F)F)c1. The number of aromatic nitrogens is 2. The summed E-state index contributed by atoms with van der Waals surface area (Å²) in [6.07, 6.45) is -1.81. The van der Waals surface area contributed by atoms with Crippen molar-refractivity contribution < 1.29 is 31.5 Å². The molecule has 6 rings (SSSR count). The van der Waals surface area contributed by atoms with Crippen molar-refractivity contribution in [2.75, 3.05) is 4.90 Å². The zero-order valence-corrected chi connectivity index (χ0v) is 18.6. The maximum absolute atomic E-state index is 13.8. The van der Waals surface area contributed by atoms with Crippen LogP contribution in [0, 0.1) is 11.6 Å². The smallest absolute Gasteiger partial charge is 0.360 e. The van der Waals surface area contributed by atoms with E-state index in [0.29, 0.717) is 26.7 Å². The molecule has 184 valence electrons. The standard InChI is InChI=1S/C27H14F5N3O2/c28-14-4-6-17-19(11-33-21(17)9-14)23-24(20-12-34-22-10-15(29)5-7-18(20)22)26(37)35(25(23)36)16-3-1-2-13(8-16)27(30,31)32/h1-12,33-34H. The second-order valence-electron chi connectivity index (χ2n) is 8.53. The molecule has 5 aromatic rings. The van der Waals surface area contributed by atoms with Gasteiger partial charge in [0.25, 0.3) is 11.8 Å². The average molecular weight is 507 g/mol. The molecule has 3 heterocycles. The van der Waals surface area contributed by atoms with Crippen LogP contribution >= 0.6 is 0 Å². The molecule has 0 atom stereocenters. The van der Waals surface area contributed by atoms with Gasteiger partial charge in [0.2, 0.25) is 0 Å². The van der Waals surface area contributed by atoms with Crippen LogP contribution < -0.4 is 4.90 Å². The Morgan fingerprint density at radius 1 is 0.676 bits per heavy atom. The third-order valence-electron chi connectivity index (χ3n) is 6.34. The first-order chi connectivity index (χ1) is 17.6. The molecule has 3 aromatic carbocycles. The summed E-state index contributed by atoms with van der Waals surface area (Å²) in [5.41, 5.74) is -0.166. The number of H-pyrrole nitrogens is 2. The third kappa shape index (κ3) is 3.52. The zero-order valence-electron chi connectivity index (χ0n) is 18.6. The molecule has 1 aliphatic rings. The minimum Gasteiger partial charge on any atom is -0.360 e. The molecular formula is C27H14F5N3O2. The fraction of sp³-hybridized carbons (Fsp3) is 0.0370. The summed E-state index contributed by atoms with van der Waals surface area (Å²) in [4.78, 5) is 34.0. The molecule has 0 bridgehead atoms. The Kier molecular flexibility index (Phi) is 4.84. The molecular weight excluding hydrogens is 493 g/mol. The van der Waals surface area contributed by atoms with Crippen molar-refractivity contribution in [1.82, 2.24) is 9.97 Å². The van der Waals surface area contributed by atoms with Gasteiger partial charge in [-0.1, -0.05) is 6.07 Å². The lowest BCUT2D eigenvalue weighted by atomic mass is 9.95. The van der Waals surface area contributed by atoms with Gasteiger partial charge in [0, 0.05) is 45.3 Å². The van der Waals surface area contributed by atoms with Crippen molar-refractivity contribution in [3.8, 4) is 0 Å². The number of aromatic amines is 2. The molecule has 5 nitrogen and oxygen atoms in total. The number of halogens is 5. The van der Waals surface area contributed by atoms with Gasteiger partial charge < -0.3 is 9.97 Å². The highest BCUT2D eigenvalue weighted by molar-refractivity contribution is 6.58. The van der Waals surface area contributed by atoms with Gasteiger partial charge >= 0.3 is 6.18 Å². The van der Waals surface area contributed by atoms with E-state index in [-0.39, 0.29) is 28.0 Å². The van der Waals surface area contributed by atoms with E-state index in [1.54, 1.807) is 0 Å². The van der Waals surface area contributed by atoms with E-state index in [0.717, 1.165) is 18.2 Å². The number of amides is 2. The third-order valence-corrected chi connectivity index (χ3v) is 6.34. The topological polar surface area (TPSA) is 69.0 Å². The van der Waals surface area contributed by atoms with Gasteiger partial charge in [-0.2, -0.15) is 13.2 Å². The molecule has 2 N–H and O–H groups in total. The lowest BCUT2D eigenvalue weighted by molar-refractivity contribution is -0.137. The van der Waals surface area contributed by atoms with E-state index in [2.05, 4.69) is 9.97 Å². The predicted octanol–water partition coefficient (Wildman–Crippen LogP) is 6.43. The fourth-order valence-electron chi connectivity index (χ4n) is 4.70. The van der Waals surface area contributed by atoms with Gasteiger partial charge in [0.05, 0.1) is 22.4 Å². The molecule has 0 saturated carbocycles. The number of anilines is 1. The summed E-state index contributed by atoms with van der Waals surface area (Å²) in [5.74, 6) is -2.73. The zero-order chi connectivity index (χ0) is 26.1. The Morgan fingerprint density at radius 3 is 1.68 bits per heavy atom. The molecule has 0 spiro atoms. The van der Waals surface area contributed by atoms with Crippen LogP contribution in [-0.4, -0.2) is 21.8 Å². The monoisotopic (exact) mass is 507 g/mol. The number of fused-ring (bicyclic) bond motifs is 2. The highest BCUT2D eigenvalue weighted by Crippen LogP contribution is 2.43. The first kappa shape index (κ1) is 22.7. The number of benzene rings is 3. The number of imide groups is 1. The summed E-state index contributed by atoms with van der Waals surface area (Å²) in [5, 5.41) is 0.874. The van der Waals surface area contributed by atoms with Gasteiger partial charge in [0.15, 0.2) is 0 Å². The van der Waals surface area contributed by atoms with Crippen LogP contribution in [0.2, 0.25) is 0 Å². The minimum absolute atomic E-state index is 0.0782. The highest BCUT2D eigenvalue weighted by atomic mass is 19.4. The maximum atomic E-state index is 13.8. The van der Waals surface area contributed by atoms with Crippen molar-refractivity contribution in [3.05, 3.63) is 101 Å². The molecule has 1 aliphatic heterocycles. The van der Waals surface area contributed by atoms with Crippen molar-refractivity contribution in [2.24, 2.45) is 0 Å². The Bertz CT molecular complexity index is 1690. The fourth-order valence-corrected chi connectivity index (χ4v) is 4.70. The van der Waals surface area contributed by atoms with E-state index < -0.39 is 35.2 Å². The predicted molar refractivity (Wildman–Crippen MR) is 127 cm³/mol. The number of hydrogen-bond donors (Lipinski definition) is 2. The first-order valence-electron chi connectivity index (χ1n) is 11.0.